The smallest absolute Gasteiger partial charge is 0.387 e. The molecule has 13 heteroatoms. The van der Waals surface area contributed by atoms with Gasteiger partial charge in [0.2, 0.25) is 5.91 Å². The molecule has 46 heavy (non-hydrogen) atoms. The van der Waals surface area contributed by atoms with Crippen molar-refractivity contribution < 1.29 is 18.3 Å². The van der Waals surface area contributed by atoms with Crippen molar-refractivity contribution in [2.75, 3.05) is 67.7 Å². The molecule has 11 nitrogen and oxygen atoms in total. The van der Waals surface area contributed by atoms with E-state index in [4.69, 9.17) is 10.1 Å². The Morgan fingerprint density at radius 3 is 2.54 bits per heavy atom. The van der Waals surface area contributed by atoms with Gasteiger partial charge < -0.3 is 35.9 Å². The van der Waals surface area contributed by atoms with Crippen LogP contribution in [-0.2, 0) is 4.79 Å². The van der Waals surface area contributed by atoms with Crippen LogP contribution in [0.3, 0.4) is 0 Å². The van der Waals surface area contributed by atoms with E-state index in [-0.39, 0.29) is 11.4 Å². The fraction of sp³-hybridized carbons (Fsp3) is 0.394. The Hall–Kier alpha value is -4.62. The van der Waals surface area contributed by atoms with Crippen molar-refractivity contribution in [1.82, 2.24) is 19.8 Å². The van der Waals surface area contributed by atoms with Gasteiger partial charge in [0.15, 0.2) is 5.75 Å². The van der Waals surface area contributed by atoms with Gasteiger partial charge in [-0.05, 0) is 45.0 Å². The van der Waals surface area contributed by atoms with Crippen molar-refractivity contribution in [3.63, 3.8) is 0 Å². The molecule has 2 aliphatic rings. The largest absolute Gasteiger partial charge is 0.433 e. The maximum absolute atomic E-state index is 13.7. The molecule has 244 valence electrons. The SMILES string of the molecule is C=CC(=O)Nc1cc(Nc2cc(-c3ccc(C=N)c(NC)c3)ncn2)c(OC(F)F)cc1N1CCC(N2CCN(C)[C@H](C)C2)CC1. The quantitative estimate of drug-likeness (QED) is 0.166. The first-order valence-corrected chi connectivity index (χ1v) is 15.4. The van der Waals surface area contributed by atoms with Crippen LogP contribution in [0.25, 0.3) is 11.3 Å². The third-order valence-electron chi connectivity index (χ3n) is 8.77. The van der Waals surface area contributed by atoms with E-state index in [1.165, 1.54) is 18.6 Å². The van der Waals surface area contributed by atoms with E-state index in [9.17, 15) is 13.6 Å². The van der Waals surface area contributed by atoms with E-state index in [1.54, 1.807) is 31.3 Å². The molecule has 0 radical (unpaired) electrons. The van der Waals surface area contributed by atoms with Gasteiger partial charge in [-0.2, -0.15) is 8.78 Å². The monoisotopic (exact) mass is 633 g/mol. The number of carbonyl (C=O) groups excluding carboxylic acids is 1. The minimum Gasteiger partial charge on any atom is -0.433 e. The molecule has 5 rings (SSSR count). The van der Waals surface area contributed by atoms with E-state index in [1.807, 2.05) is 12.1 Å². The summed E-state index contributed by atoms with van der Waals surface area (Å²) in [6, 6.07) is 11.3. The Bertz CT molecular complexity index is 1560. The van der Waals surface area contributed by atoms with Crippen molar-refractivity contribution in [1.29, 1.82) is 5.41 Å². The van der Waals surface area contributed by atoms with Crippen LogP contribution in [0.1, 0.15) is 25.3 Å². The number of hydrogen-bond acceptors (Lipinski definition) is 10. The number of likely N-dealkylation sites (N-methyl/N-ethyl adjacent to an activating group) is 1. The number of aromatic nitrogens is 2. The van der Waals surface area contributed by atoms with Gasteiger partial charge >= 0.3 is 6.61 Å². The normalized spacial score (nSPS) is 17.9. The zero-order valence-electron chi connectivity index (χ0n) is 26.4. The second-order valence-corrected chi connectivity index (χ2v) is 11.6. The van der Waals surface area contributed by atoms with Crippen LogP contribution in [0.5, 0.6) is 5.75 Å². The van der Waals surface area contributed by atoms with Crippen molar-refractivity contribution in [3.05, 3.63) is 60.9 Å². The highest BCUT2D eigenvalue weighted by Gasteiger charge is 2.30. The van der Waals surface area contributed by atoms with Crippen LogP contribution in [0.4, 0.5) is 37.3 Å². The lowest BCUT2D eigenvalue weighted by Crippen LogP contribution is -2.55. The Kier molecular flexibility index (Phi) is 10.4. The van der Waals surface area contributed by atoms with Crippen LogP contribution in [-0.4, -0.2) is 97.4 Å². The van der Waals surface area contributed by atoms with Crippen molar-refractivity contribution >= 4 is 40.7 Å². The third kappa shape index (κ3) is 7.60. The molecule has 3 aromatic rings. The summed E-state index contributed by atoms with van der Waals surface area (Å²) in [6.45, 7) is 7.22. The molecule has 2 saturated heterocycles. The number of ether oxygens (including phenoxy) is 1. The molecule has 2 fully saturated rings. The van der Waals surface area contributed by atoms with Crippen LogP contribution in [0, 0.1) is 5.41 Å². The lowest BCUT2D eigenvalue weighted by Gasteiger charge is -2.45. The van der Waals surface area contributed by atoms with Gasteiger partial charge in [-0.25, -0.2) is 9.97 Å². The van der Waals surface area contributed by atoms with Crippen LogP contribution in [0.15, 0.2) is 55.4 Å². The second-order valence-electron chi connectivity index (χ2n) is 11.6. The predicted octanol–water partition coefficient (Wildman–Crippen LogP) is 5.26. The number of benzene rings is 2. The highest BCUT2D eigenvalue weighted by Crippen LogP contribution is 2.41. The van der Waals surface area contributed by atoms with E-state index in [2.05, 4.69) is 61.2 Å². The average molecular weight is 634 g/mol. The third-order valence-corrected chi connectivity index (χ3v) is 8.77. The fourth-order valence-corrected chi connectivity index (χ4v) is 6.07. The molecule has 0 aliphatic carbocycles. The topological polar surface area (TPSA) is 122 Å². The van der Waals surface area contributed by atoms with Crippen LogP contribution >= 0.6 is 0 Å². The zero-order valence-corrected chi connectivity index (χ0v) is 26.4. The molecule has 1 atom stereocenters. The fourth-order valence-electron chi connectivity index (χ4n) is 6.07. The standard InChI is InChI=1S/C33H41F2N9O2/c1-5-32(45)41-27-15-28(40-31-16-26(38-20-39-31)22-6-7-23(18-36)25(14-22)37-3)30(46-33(34)35)17-29(27)43-10-8-24(9-11-43)44-13-12-42(4)21(2)19-44/h5-7,14-18,20-21,24,33,36-37H,1,8-13,19H2,2-4H3,(H,41,45)(H,38,39,40)/t21-/m1/s1. The number of halogens is 2. The summed E-state index contributed by atoms with van der Waals surface area (Å²) in [5, 5.41) is 16.6. The van der Waals surface area contributed by atoms with E-state index >= 15 is 0 Å². The maximum atomic E-state index is 13.7. The summed E-state index contributed by atoms with van der Waals surface area (Å²) >= 11 is 0. The van der Waals surface area contributed by atoms with Crippen molar-refractivity contribution in [2.45, 2.75) is 38.5 Å². The van der Waals surface area contributed by atoms with Crippen LogP contribution in [0.2, 0.25) is 0 Å². The summed E-state index contributed by atoms with van der Waals surface area (Å²) in [6.07, 6.45) is 5.62. The number of piperazine rings is 1. The Labute approximate surface area is 268 Å². The van der Waals surface area contributed by atoms with Crippen LogP contribution < -0.4 is 25.6 Å². The molecule has 2 aliphatic heterocycles. The van der Waals surface area contributed by atoms with Gasteiger partial charge in [0.05, 0.1) is 22.8 Å². The highest BCUT2D eigenvalue weighted by atomic mass is 19.3. The lowest BCUT2D eigenvalue weighted by molar-refractivity contribution is -0.111. The molecule has 2 aromatic carbocycles. The highest BCUT2D eigenvalue weighted by molar-refractivity contribution is 6.02. The van der Waals surface area contributed by atoms with Crippen molar-refractivity contribution in [2.24, 2.45) is 0 Å². The van der Waals surface area contributed by atoms with Gasteiger partial charge in [0.25, 0.3) is 0 Å². The van der Waals surface area contributed by atoms with E-state index in [0.29, 0.717) is 48.1 Å². The summed E-state index contributed by atoms with van der Waals surface area (Å²) in [4.78, 5) is 28.2. The predicted molar refractivity (Wildman–Crippen MR) is 179 cm³/mol. The number of amides is 1. The van der Waals surface area contributed by atoms with E-state index in [0.717, 1.165) is 49.3 Å². The number of carbonyl (C=O) groups is 1. The minimum absolute atomic E-state index is 0.0791. The number of alkyl halides is 2. The van der Waals surface area contributed by atoms with E-state index < -0.39 is 12.5 Å². The van der Waals surface area contributed by atoms with Gasteiger partial charge in [-0.15, -0.1) is 0 Å². The summed E-state index contributed by atoms with van der Waals surface area (Å²) in [7, 11) is 3.93. The molecule has 0 unspecified atom stereocenters. The minimum atomic E-state index is -3.07. The Balaban J connectivity index is 1.43. The number of anilines is 5. The molecule has 0 saturated carbocycles. The summed E-state index contributed by atoms with van der Waals surface area (Å²) in [5.74, 6) is -0.166. The number of nitrogens with zero attached hydrogens (tertiary/aromatic N) is 5. The second kappa shape index (κ2) is 14.6. The van der Waals surface area contributed by atoms with Crippen molar-refractivity contribution in [3.8, 4) is 17.0 Å². The number of rotatable bonds is 11. The number of piperidine rings is 1. The maximum Gasteiger partial charge on any atom is 0.387 e. The number of hydrogen-bond donors (Lipinski definition) is 4. The Morgan fingerprint density at radius 2 is 1.87 bits per heavy atom. The zero-order chi connectivity index (χ0) is 32.8. The first-order valence-electron chi connectivity index (χ1n) is 15.4. The average Bonchev–Trinajstić information content (AvgIpc) is 3.06. The molecule has 3 heterocycles. The summed E-state index contributed by atoms with van der Waals surface area (Å²) in [5.41, 5.74) is 4.06. The van der Waals surface area contributed by atoms with Gasteiger partial charge in [0, 0.05) is 87.0 Å². The molecule has 1 amide bonds. The molecule has 4 N–H and O–H groups in total. The molecule has 1 aromatic heterocycles. The summed E-state index contributed by atoms with van der Waals surface area (Å²) < 4.78 is 32.4. The van der Waals surface area contributed by atoms with Gasteiger partial charge in [0.1, 0.15) is 12.1 Å². The molecular weight excluding hydrogens is 592 g/mol. The molecule has 0 bridgehead atoms. The van der Waals surface area contributed by atoms with Gasteiger partial charge in [-0.3, -0.25) is 9.69 Å². The lowest BCUT2D eigenvalue weighted by atomic mass is 10.00. The first-order chi connectivity index (χ1) is 22.2. The molecule has 0 spiro atoms. The van der Waals surface area contributed by atoms with Gasteiger partial charge in [-0.1, -0.05) is 18.7 Å². The Morgan fingerprint density at radius 1 is 1.09 bits per heavy atom. The first kappa shape index (κ1) is 32.8. The number of nitrogens with one attached hydrogen (secondary N) is 4. The molecular formula is C33H41F2N9O2.